The predicted molar refractivity (Wildman–Crippen MR) is 203 cm³/mol. The Kier molecular flexibility index (Phi) is 10.0. The fourth-order valence-corrected chi connectivity index (χ4v) is 6.28. The summed E-state index contributed by atoms with van der Waals surface area (Å²) in [5, 5.41) is 25.6. The third-order valence-electron chi connectivity index (χ3n) is 9.21. The molecule has 0 fully saturated rings. The molecule has 0 aliphatic heterocycles. The van der Waals surface area contributed by atoms with Crippen molar-refractivity contribution in [1.82, 2.24) is 4.98 Å². The van der Waals surface area contributed by atoms with E-state index in [0.717, 1.165) is 55.9 Å². The number of rotatable bonds is 5. The molecule has 0 radical (unpaired) electrons. The minimum Gasteiger partial charge on any atom is -0.507 e. The molecule has 0 amide bonds. The number of hydrogen-bond donors (Lipinski definition) is 1. The number of anilines is 1. The number of phenolic OH excluding ortho intramolecular Hbond substituents is 1. The molecule has 0 spiro atoms. The Balaban J connectivity index is 0.00000468. The summed E-state index contributed by atoms with van der Waals surface area (Å²) >= 11 is 0. The van der Waals surface area contributed by atoms with Crippen LogP contribution in [0.5, 0.6) is 5.75 Å². The molecule has 250 valence electrons. The Morgan fingerprint density at radius 2 is 1.41 bits per heavy atom. The van der Waals surface area contributed by atoms with Crippen LogP contribution in [0.15, 0.2) is 109 Å². The number of aromatic nitrogens is 1. The number of hydrogen-bond acceptors (Lipinski definition) is 2. The molecule has 0 saturated heterocycles. The molecule has 0 saturated carbocycles. The van der Waals surface area contributed by atoms with Crippen LogP contribution in [0.2, 0.25) is 0 Å². The Hall–Kier alpha value is -4.53. The maximum absolute atomic E-state index is 11.7. The topological polar surface area (TPSA) is 58.7 Å². The Morgan fingerprint density at radius 1 is 0.735 bits per heavy atom. The molecule has 5 aromatic carbocycles. The van der Waals surface area contributed by atoms with Gasteiger partial charge in [0.1, 0.15) is 5.75 Å². The van der Waals surface area contributed by atoms with E-state index >= 15 is 0 Å². The molecule has 1 heterocycles. The SMILES string of the molecule is Cc1c(-c2[c-]c(-c3cc(-c4ccc5ccccc5c4)ccn3)ccc2)cccc1N(C)C(=[N-])c1cc(C(C)(C)C)cc(C(C)(C)C)c1O.[Pt+2]. The van der Waals surface area contributed by atoms with E-state index in [1.54, 1.807) is 4.90 Å². The second kappa shape index (κ2) is 13.8. The molecular formula is C44H43N3OPt. The van der Waals surface area contributed by atoms with Gasteiger partial charge in [0.25, 0.3) is 0 Å². The standard InChI is InChI=1S/C44H43N3O.Pt/c1-28-36(17-12-18-40(28)47(8)42(45)37-26-35(43(2,3)4)27-38(41(37)48)44(5,6)7)33-15-11-16-34(24-33)39-25-32(21-22-46-39)31-20-19-29-13-9-10-14-30(29)23-31;/h9-23,25-27,48H,1-8H3;/q-2;+2. The van der Waals surface area contributed by atoms with Crippen LogP contribution in [0.1, 0.15) is 63.8 Å². The van der Waals surface area contributed by atoms with Gasteiger partial charge >= 0.3 is 21.1 Å². The van der Waals surface area contributed by atoms with Gasteiger partial charge in [0.05, 0.1) is 0 Å². The van der Waals surface area contributed by atoms with E-state index in [4.69, 9.17) is 4.98 Å². The monoisotopic (exact) mass is 824 g/mol. The minimum absolute atomic E-state index is 0. The molecule has 6 rings (SSSR count). The molecule has 5 heteroatoms. The molecular weight excluding hydrogens is 782 g/mol. The second-order valence-electron chi connectivity index (χ2n) is 14.7. The van der Waals surface area contributed by atoms with Crippen molar-refractivity contribution in [2.75, 3.05) is 11.9 Å². The first kappa shape index (κ1) is 35.8. The van der Waals surface area contributed by atoms with Gasteiger partial charge in [-0.15, -0.1) is 29.8 Å². The van der Waals surface area contributed by atoms with Gasteiger partial charge in [-0.25, -0.2) is 0 Å². The van der Waals surface area contributed by atoms with Crippen molar-refractivity contribution in [1.29, 1.82) is 0 Å². The van der Waals surface area contributed by atoms with Crippen molar-refractivity contribution in [3.8, 4) is 39.3 Å². The number of phenols is 1. The van der Waals surface area contributed by atoms with Crippen molar-refractivity contribution in [2.45, 2.75) is 59.3 Å². The summed E-state index contributed by atoms with van der Waals surface area (Å²) < 4.78 is 0. The van der Waals surface area contributed by atoms with Gasteiger partial charge < -0.3 is 15.4 Å². The minimum atomic E-state index is -0.306. The smallest absolute Gasteiger partial charge is 0.507 e. The largest absolute Gasteiger partial charge is 2.00 e. The van der Waals surface area contributed by atoms with Gasteiger partial charge in [0.15, 0.2) is 0 Å². The first-order chi connectivity index (χ1) is 22.7. The summed E-state index contributed by atoms with van der Waals surface area (Å²) in [4.78, 5) is 6.47. The van der Waals surface area contributed by atoms with Gasteiger partial charge in [-0.1, -0.05) is 138 Å². The molecule has 4 nitrogen and oxygen atoms in total. The van der Waals surface area contributed by atoms with E-state index in [1.165, 1.54) is 10.8 Å². The summed E-state index contributed by atoms with van der Waals surface area (Å²) in [6.07, 6.45) is 1.86. The zero-order valence-corrected chi connectivity index (χ0v) is 31.8. The molecule has 0 atom stereocenters. The van der Waals surface area contributed by atoms with Gasteiger partial charge in [-0.3, -0.25) is 4.98 Å². The zero-order chi connectivity index (χ0) is 34.4. The van der Waals surface area contributed by atoms with Gasteiger partial charge in [-0.2, -0.15) is 0 Å². The number of nitrogens with zero attached hydrogens (tertiary/aromatic N) is 3. The van der Waals surface area contributed by atoms with Crippen molar-refractivity contribution >= 4 is 22.3 Å². The summed E-state index contributed by atoms with van der Waals surface area (Å²) in [5.74, 6) is 0.102. The third-order valence-corrected chi connectivity index (χ3v) is 9.21. The fourth-order valence-electron chi connectivity index (χ4n) is 6.28. The van der Waals surface area contributed by atoms with E-state index < -0.39 is 0 Å². The normalized spacial score (nSPS) is 11.7. The van der Waals surface area contributed by atoms with E-state index in [2.05, 4.69) is 121 Å². The van der Waals surface area contributed by atoms with E-state index in [-0.39, 0.29) is 43.5 Å². The predicted octanol–water partition coefficient (Wildman–Crippen LogP) is 11.1. The molecule has 0 unspecified atom stereocenters. The molecule has 6 aromatic rings. The maximum Gasteiger partial charge on any atom is 2.00 e. The van der Waals surface area contributed by atoms with E-state index in [0.29, 0.717) is 5.56 Å². The van der Waals surface area contributed by atoms with E-state index in [9.17, 15) is 10.5 Å². The van der Waals surface area contributed by atoms with Crippen LogP contribution >= 0.6 is 0 Å². The molecule has 49 heavy (non-hydrogen) atoms. The Bertz CT molecular complexity index is 2170. The van der Waals surface area contributed by atoms with Crippen LogP contribution in [-0.2, 0) is 31.9 Å². The second-order valence-corrected chi connectivity index (χ2v) is 14.7. The fraction of sp³-hybridized carbons (Fsp3) is 0.227. The average molecular weight is 825 g/mol. The quantitative estimate of drug-likeness (QED) is 0.107. The molecule has 1 N–H and O–H groups in total. The average Bonchev–Trinajstić information content (AvgIpc) is 3.06. The van der Waals surface area contributed by atoms with Gasteiger partial charge in [0, 0.05) is 23.0 Å². The molecule has 0 bridgehead atoms. The summed E-state index contributed by atoms with van der Waals surface area (Å²) in [6.45, 7) is 14.7. The molecule has 1 aromatic heterocycles. The third kappa shape index (κ3) is 7.26. The van der Waals surface area contributed by atoms with Crippen molar-refractivity contribution in [3.63, 3.8) is 0 Å². The number of fused-ring (bicyclic) bond motifs is 1. The van der Waals surface area contributed by atoms with Gasteiger partial charge in [-0.05, 0) is 69.1 Å². The van der Waals surface area contributed by atoms with Crippen LogP contribution in [0.3, 0.4) is 0 Å². The van der Waals surface area contributed by atoms with Crippen molar-refractivity contribution in [2.24, 2.45) is 0 Å². The van der Waals surface area contributed by atoms with Crippen LogP contribution in [0.25, 0.3) is 49.7 Å². The number of benzene rings is 5. The Labute approximate surface area is 305 Å². The van der Waals surface area contributed by atoms with Crippen LogP contribution in [0, 0.1) is 13.0 Å². The van der Waals surface area contributed by atoms with E-state index in [1.807, 2.05) is 49.6 Å². The van der Waals surface area contributed by atoms with Gasteiger partial charge in [0.2, 0.25) is 0 Å². The number of pyridine rings is 1. The summed E-state index contributed by atoms with van der Waals surface area (Å²) in [6, 6.07) is 38.9. The van der Waals surface area contributed by atoms with Crippen LogP contribution in [-0.4, -0.2) is 23.0 Å². The van der Waals surface area contributed by atoms with Crippen molar-refractivity contribution < 1.29 is 26.2 Å². The summed E-state index contributed by atoms with van der Waals surface area (Å²) in [5.41, 5.74) is 9.56. The number of amidine groups is 1. The van der Waals surface area contributed by atoms with Crippen molar-refractivity contribution in [3.05, 3.63) is 143 Å². The molecule has 0 aliphatic carbocycles. The number of aromatic hydroxyl groups is 1. The Morgan fingerprint density at radius 3 is 2.12 bits per heavy atom. The maximum atomic E-state index is 11.7. The zero-order valence-electron chi connectivity index (χ0n) is 29.5. The van der Waals surface area contributed by atoms with Crippen LogP contribution in [0.4, 0.5) is 5.69 Å². The first-order valence-electron chi connectivity index (χ1n) is 16.5. The van der Waals surface area contributed by atoms with Crippen LogP contribution < -0.4 is 4.90 Å². The molecule has 0 aliphatic rings. The first-order valence-corrected chi connectivity index (χ1v) is 16.5. The summed E-state index contributed by atoms with van der Waals surface area (Å²) in [7, 11) is 1.84.